The molecule has 1 fully saturated rings. The van der Waals surface area contributed by atoms with Gasteiger partial charge in [0.2, 0.25) is 11.8 Å². The van der Waals surface area contributed by atoms with E-state index in [9.17, 15) is 9.59 Å². The summed E-state index contributed by atoms with van der Waals surface area (Å²) in [5.41, 5.74) is 10.1. The average Bonchev–Trinajstić information content (AvgIpc) is 2.33. The van der Waals surface area contributed by atoms with Crippen molar-refractivity contribution in [3.8, 4) is 0 Å². The second-order valence-corrected chi connectivity index (χ2v) is 3.01. The van der Waals surface area contributed by atoms with E-state index in [1.165, 1.54) is 0 Å². The number of rotatable bonds is 2. The van der Waals surface area contributed by atoms with Gasteiger partial charge in [-0.2, -0.15) is 0 Å². The minimum Gasteiger partial charge on any atom is -0.369 e. The van der Waals surface area contributed by atoms with Crippen molar-refractivity contribution in [2.24, 2.45) is 23.3 Å². The molecule has 0 saturated heterocycles. The highest BCUT2D eigenvalue weighted by atomic mass is 16.1. The van der Waals surface area contributed by atoms with Gasteiger partial charge in [0.15, 0.2) is 0 Å². The molecule has 1 aliphatic carbocycles. The molecule has 0 aromatic heterocycles. The van der Waals surface area contributed by atoms with Crippen LogP contribution in [-0.4, -0.2) is 11.8 Å². The third-order valence-electron chi connectivity index (χ3n) is 2.24. The molecule has 1 aliphatic rings. The summed E-state index contributed by atoms with van der Waals surface area (Å²) in [6.45, 7) is 0. The van der Waals surface area contributed by atoms with Crippen molar-refractivity contribution >= 4 is 11.8 Å². The monoisotopic (exact) mass is 156 g/mol. The van der Waals surface area contributed by atoms with Gasteiger partial charge in [0.1, 0.15) is 0 Å². The maximum absolute atomic E-state index is 10.6. The largest absolute Gasteiger partial charge is 0.369 e. The number of amides is 2. The summed E-state index contributed by atoms with van der Waals surface area (Å²) >= 11 is 0. The van der Waals surface area contributed by atoms with E-state index in [1.54, 1.807) is 0 Å². The average molecular weight is 156 g/mol. The number of carbonyl (C=O) groups excluding carboxylic acids is 2. The molecular weight excluding hydrogens is 144 g/mol. The van der Waals surface area contributed by atoms with Gasteiger partial charge < -0.3 is 11.5 Å². The van der Waals surface area contributed by atoms with E-state index in [0.717, 1.165) is 0 Å². The van der Waals surface area contributed by atoms with Crippen molar-refractivity contribution < 1.29 is 9.59 Å². The number of hydrogen-bond donors (Lipinski definition) is 2. The third-order valence-corrected chi connectivity index (χ3v) is 2.24. The highest BCUT2D eigenvalue weighted by molar-refractivity contribution is 5.81. The Bertz CT molecular complexity index is 171. The lowest BCUT2D eigenvalue weighted by molar-refractivity contribution is -0.122. The molecule has 0 aromatic carbocycles. The zero-order valence-corrected chi connectivity index (χ0v) is 6.25. The quantitative estimate of drug-likeness (QED) is 0.557. The van der Waals surface area contributed by atoms with Crippen molar-refractivity contribution in [3.63, 3.8) is 0 Å². The van der Waals surface area contributed by atoms with Crippen molar-refractivity contribution in [2.45, 2.75) is 19.3 Å². The van der Waals surface area contributed by atoms with Gasteiger partial charge in [-0.3, -0.25) is 9.59 Å². The van der Waals surface area contributed by atoms with E-state index in [4.69, 9.17) is 11.5 Å². The van der Waals surface area contributed by atoms with Gasteiger partial charge in [-0.15, -0.1) is 0 Å². The molecule has 62 valence electrons. The second-order valence-electron chi connectivity index (χ2n) is 3.01. The summed E-state index contributed by atoms with van der Waals surface area (Å²) in [6.07, 6.45) is 1.97. The van der Waals surface area contributed by atoms with Crippen molar-refractivity contribution in [1.29, 1.82) is 0 Å². The second kappa shape index (κ2) is 2.90. The molecule has 1 rings (SSSR count). The smallest absolute Gasteiger partial charge is 0.220 e. The molecule has 0 radical (unpaired) electrons. The molecule has 4 N–H and O–H groups in total. The van der Waals surface area contributed by atoms with Crippen LogP contribution in [0.25, 0.3) is 0 Å². The minimum atomic E-state index is -0.311. The molecule has 0 bridgehead atoms. The van der Waals surface area contributed by atoms with Crippen LogP contribution in [0.3, 0.4) is 0 Å². The SMILES string of the molecule is NC(=O)[C@@H]1CC[C@@H](C(N)=O)C1. The summed E-state index contributed by atoms with van der Waals surface area (Å²) in [7, 11) is 0. The molecule has 2 atom stereocenters. The predicted molar refractivity (Wildman–Crippen MR) is 39.2 cm³/mol. The first-order valence-electron chi connectivity index (χ1n) is 3.70. The Morgan fingerprint density at radius 3 is 1.55 bits per heavy atom. The highest BCUT2D eigenvalue weighted by Crippen LogP contribution is 2.29. The van der Waals surface area contributed by atoms with Crippen LogP contribution >= 0.6 is 0 Å². The summed E-state index contributed by atoms with van der Waals surface area (Å²) in [4.78, 5) is 21.3. The lowest BCUT2D eigenvalue weighted by Gasteiger charge is -2.03. The highest BCUT2D eigenvalue weighted by Gasteiger charge is 2.31. The van der Waals surface area contributed by atoms with Gasteiger partial charge in [0.25, 0.3) is 0 Å². The van der Waals surface area contributed by atoms with E-state index in [2.05, 4.69) is 0 Å². The maximum Gasteiger partial charge on any atom is 0.220 e. The van der Waals surface area contributed by atoms with Crippen LogP contribution < -0.4 is 11.5 Å². The lowest BCUT2D eigenvalue weighted by atomic mass is 10.0. The number of carbonyl (C=O) groups is 2. The summed E-state index contributed by atoms with van der Waals surface area (Å²) in [5.74, 6) is -0.887. The lowest BCUT2D eigenvalue weighted by Crippen LogP contribution is -2.24. The van der Waals surface area contributed by atoms with E-state index in [1.807, 2.05) is 0 Å². The molecule has 11 heavy (non-hydrogen) atoms. The molecule has 2 amide bonds. The van der Waals surface area contributed by atoms with E-state index >= 15 is 0 Å². The molecule has 4 heteroatoms. The Balaban J connectivity index is 2.47. The van der Waals surface area contributed by atoms with Gasteiger partial charge in [0, 0.05) is 11.8 Å². The molecule has 0 aliphatic heterocycles. The zero-order chi connectivity index (χ0) is 8.43. The Kier molecular flexibility index (Phi) is 2.12. The molecule has 1 saturated carbocycles. The fourth-order valence-electron chi connectivity index (χ4n) is 1.50. The maximum atomic E-state index is 10.6. The summed E-state index contributed by atoms with van der Waals surface area (Å²) in [6, 6.07) is 0. The van der Waals surface area contributed by atoms with Crippen molar-refractivity contribution in [2.75, 3.05) is 0 Å². The molecule has 0 spiro atoms. The predicted octanol–water partition coefficient (Wildman–Crippen LogP) is -0.627. The first kappa shape index (κ1) is 8.04. The number of nitrogens with two attached hydrogens (primary N) is 2. The minimum absolute atomic E-state index is 0.132. The topological polar surface area (TPSA) is 86.2 Å². The van der Waals surface area contributed by atoms with Gasteiger partial charge >= 0.3 is 0 Å². The molecular formula is C7H12N2O2. The summed E-state index contributed by atoms with van der Waals surface area (Å²) < 4.78 is 0. The van der Waals surface area contributed by atoms with Crippen LogP contribution in [0.4, 0.5) is 0 Å². The summed E-state index contributed by atoms with van der Waals surface area (Å²) in [5, 5.41) is 0. The number of hydrogen-bond acceptors (Lipinski definition) is 2. The van der Waals surface area contributed by atoms with Gasteiger partial charge in [-0.05, 0) is 19.3 Å². The van der Waals surface area contributed by atoms with Gasteiger partial charge in [-0.25, -0.2) is 0 Å². The fraction of sp³-hybridized carbons (Fsp3) is 0.714. The van der Waals surface area contributed by atoms with Crippen molar-refractivity contribution in [1.82, 2.24) is 0 Å². The Labute approximate surface area is 64.9 Å². The Morgan fingerprint density at radius 1 is 1.00 bits per heavy atom. The van der Waals surface area contributed by atoms with E-state index < -0.39 is 0 Å². The molecule has 0 aromatic rings. The first-order chi connectivity index (χ1) is 5.11. The van der Waals surface area contributed by atoms with Crippen LogP contribution in [0.15, 0.2) is 0 Å². The van der Waals surface area contributed by atoms with Crippen LogP contribution in [0.2, 0.25) is 0 Å². The van der Waals surface area contributed by atoms with E-state index in [0.29, 0.717) is 19.3 Å². The van der Waals surface area contributed by atoms with Crippen molar-refractivity contribution in [3.05, 3.63) is 0 Å². The molecule has 0 heterocycles. The first-order valence-corrected chi connectivity index (χ1v) is 3.70. The van der Waals surface area contributed by atoms with Crippen LogP contribution in [0.5, 0.6) is 0 Å². The Hall–Kier alpha value is -1.06. The van der Waals surface area contributed by atoms with Crippen LogP contribution in [-0.2, 0) is 9.59 Å². The normalized spacial score (nSPS) is 30.2. The Morgan fingerprint density at radius 2 is 1.36 bits per heavy atom. The third kappa shape index (κ3) is 1.69. The number of primary amides is 2. The van der Waals surface area contributed by atoms with Crippen LogP contribution in [0.1, 0.15) is 19.3 Å². The molecule has 0 unspecified atom stereocenters. The standard InChI is InChI=1S/C7H12N2O2/c8-6(10)4-1-2-5(3-4)7(9)11/h4-5H,1-3H2,(H2,8,10)(H2,9,11)/t4-,5-/m1/s1. The van der Waals surface area contributed by atoms with Crippen LogP contribution in [0, 0.1) is 11.8 Å². The van der Waals surface area contributed by atoms with E-state index in [-0.39, 0.29) is 23.7 Å². The molecule has 4 nitrogen and oxygen atoms in total. The fourth-order valence-corrected chi connectivity index (χ4v) is 1.50. The zero-order valence-electron chi connectivity index (χ0n) is 6.25. The van der Waals surface area contributed by atoms with Gasteiger partial charge in [0.05, 0.1) is 0 Å². The van der Waals surface area contributed by atoms with Gasteiger partial charge in [-0.1, -0.05) is 0 Å².